The lowest BCUT2D eigenvalue weighted by atomic mass is 10.1. The molecule has 1 aliphatic rings. The minimum atomic E-state index is -0.244. The van der Waals surface area contributed by atoms with Crippen molar-refractivity contribution in [1.82, 2.24) is 9.80 Å². The summed E-state index contributed by atoms with van der Waals surface area (Å²) in [6.07, 6.45) is 0. The number of thioether (sulfide) groups is 1. The SMILES string of the molecule is CC(C)CN(CC(=O)N1CCSC1c1ccccc1Cl)Cc1ccc(F)cc1. The Morgan fingerprint density at radius 2 is 1.96 bits per heavy atom. The molecule has 0 saturated carbocycles. The van der Waals surface area contributed by atoms with Crippen LogP contribution < -0.4 is 0 Å². The Bertz CT molecular complexity index is 799. The summed E-state index contributed by atoms with van der Waals surface area (Å²) in [5.74, 6) is 1.20. The van der Waals surface area contributed by atoms with E-state index in [0.29, 0.717) is 24.0 Å². The van der Waals surface area contributed by atoms with E-state index in [1.54, 1.807) is 23.9 Å². The van der Waals surface area contributed by atoms with Crippen LogP contribution in [0.3, 0.4) is 0 Å². The highest BCUT2D eigenvalue weighted by Crippen LogP contribution is 2.40. The van der Waals surface area contributed by atoms with Crippen LogP contribution >= 0.6 is 23.4 Å². The fourth-order valence-electron chi connectivity index (χ4n) is 3.49. The topological polar surface area (TPSA) is 23.6 Å². The molecule has 1 fully saturated rings. The number of benzene rings is 2. The van der Waals surface area contributed by atoms with E-state index < -0.39 is 0 Å². The lowest BCUT2D eigenvalue weighted by Crippen LogP contribution is -2.41. The van der Waals surface area contributed by atoms with Crippen LogP contribution in [0.15, 0.2) is 48.5 Å². The van der Waals surface area contributed by atoms with Gasteiger partial charge >= 0.3 is 0 Å². The monoisotopic (exact) mass is 420 g/mol. The van der Waals surface area contributed by atoms with E-state index in [4.69, 9.17) is 11.6 Å². The highest BCUT2D eigenvalue weighted by Gasteiger charge is 2.32. The van der Waals surface area contributed by atoms with Gasteiger partial charge < -0.3 is 4.90 Å². The van der Waals surface area contributed by atoms with Gasteiger partial charge in [-0.2, -0.15) is 0 Å². The second kappa shape index (κ2) is 9.77. The summed E-state index contributed by atoms with van der Waals surface area (Å²) in [6, 6.07) is 14.2. The fourth-order valence-corrected chi connectivity index (χ4v) is 5.11. The number of rotatable bonds is 7. The predicted molar refractivity (Wildman–Crippen MR) is 115 cm³/mol. The summed E-state index contributed by atoms with van der Waals surface area (Å²) >= 11 is 8.13. The lowest BCUT2D eigenvalue weighted by Gasteiger charge is -2.29. The average molecular weight is 421 g/mol. The van der Waals surface area contributed by atoms with Gasteiger partial charge in [-0.05, 0) is 29.7 Å². The molecule has 0 bridgehead atoms. The molecule has 1 amide bonds. The first-order valence-electron chi connectivity index (χ1n) is 9.56. The Balaban J connectivity index is 1.71. The van der Waals surface area contributed by atoms with Crippen LogP contribution in [-0.4, -0.2) is 41.1 Å². The first-order chi connectivity index (χ1) is 13.4. The van der Waals surface area contributed by atoms with E-state index in [9.17, 15) is 9.18 Å². The van der Waals surface area contributed by atoms with Crippen LogP contribution in [0.25, 0.3) is 0 Å². The van der Waals surface area contributed by atoms with Crippen LogP contribution in [-0.2, 0) is 11.3 Å². The minimum Gasteiger partial charge on any atom is -0.325 e. The van der Waals surface area contributed by atoms with E-state index >= 15 is 0 Å². The number of carbonyl (C=O) groups excluding carboxylic acids is 1. The van der Waals surface area contributed by atoms with Crippen molar-refractivity contribution in [2.24, 2.45) is 5.92 Å². The maximum absolute atomic E-state index is 13.2. The Labute approximate surface area is 175 Å². The quantitative estimate of drug-likeness (QED) is 0.614. The van der Waals surface area contributed by atoms with Gasteiger partial charge in [0.15, 0.2) is 0 Å². The molecule has 0 spiro atoms. The molecule has 6 heteroatoms. The predicted octanol–water partition coefficient (Wildman–Crippen LogP) is 5.21. The highest BCUT2D eigenvalue weighted by molar-refractivity contribution is 7.99. The summed E-state index contributed by atoms with van der Waals surface area (Å²) < 4.78 is 13.2. The summed E-state index contributed by atoms with van der Waals surface area (Å²) in [5.41, 5.74) is 2.00. The number of carbonyl (C=O) groups is 1. The molecule has 0 aliphatic carbocycles. The maximum atomic E-state index is 13.2. The Kier molecular flexibility index (Phi) is 7.38. The molecule has 2 aromatic carbocycles. The van der Waals surface area contributed by atoms with Crippen molar-refractivity contribution in [3.8, 4) is 0 Å². The van der Waals surface area contributed by atoms with Gasteiger partial charge in [-0.25, -0.2) is 4.39 Å². The van der Waals surface area contributed by atoms with Crippen molar-refractivity contribution < 1.29 is 9.18 Å². The van der Waals surface area contributed by atoms with Crippen molar-refractivity contribution in [3.05, 3.63) is 70.5 Å². The molecule has 3 rings (SSSR count). The van der Waals surface area contributed by atoms with Crippen molar-refractivity contribution in [2.45, 2.75) is 25.8 Å². The average Bonchev–Trinajstić information content (AvgIpc) is 3.13. The Morgan fingerprint density at radius 3 is 2.64 bits per heavy atom. The molecule has 28 heavy (non-hydrogen) atoms. The lowest BCUT2D eigenvalue weighted by molar-refractivity contribution is -0.132. The van der Waals surface area contributed by atoms with Crippen LogP contribution in [0, 0.1) is 11.7 Å². The zero-order valence-electron chi connectivity index (χ0n) is 16.3. The number of hydrogen-bond donors (Lipinski definition) is 0. The van der Waals surface area contributed by atoms with E-state index in [2.05, 4.69) is 18.7 Å². The molecular formula is C22H26ClFN2OS. The molecule has 0 aromatic heterocycles. The first-order valence-corrected chi connectivity index (χ1v) is 11.0. The van der Waals surface area contributed by atoms with E-state index in [-0.39, 0.29) is 17.1 Å². The van der Waals surface area contributed by atoms with Crippen LogP contribution in [0.1, 0.15) is 30.3 Å². The van der Waals surface area contributed by atoms with Gasteiger partial charge in [0.1, 0.15) is 11.2 Å². The molecule has 1 unspecified atom stereocenters. The first kappa shape index (κ1) is 21.2. The maximum Gasteiger partial charge on any atom is 0.237 e. The molecule has 3 nitrogen and oxygen atoms in total. The van der Waals surface area contributed by atoms with Crippen LogP contribution in [0.4, 0.5) is 4.39 Å². The van der Waals surface area contributed by atoms with Gasteiger partial charge in [0.25, 0.3) is 0 Å². The van der Waals surface area contributed by atoms with Crippen molar-refractivity contribution in [1.29, 1.82) is 0 Å². The third-order valence-corrected chi connectivity index (χ3v) is 6.27. The van der Waals surface area contributed by atoms with E-state index in [0.717, 1.165) is 30.0 Å². The second-order valence-electron chi connectivity index (χ2n) is 7.52. The second-order valence-corrected chi connectivity index (χ2v) is 9.12. The highest BCUT2D eigenvalue weighted by atomic mass is 35.5. The van der Waals surface area contributed by atoms with Crippen molar-refractivity contribution >= 4 is 29.3 Å². The number of nitrogens with zero attached hydrogens (tertiary/aromatic N) is 2. The zero-order chi connectivity index (χ0) is 20.1. The molecule has 1 saturated heterocycles. The summed E-state index contributed by atoms with van der Waals surface area (Å²) in [5, 5.41) is 0.665. The Hall–Kier alpha value is -1.56. The molecule has 1 atom stereocenters. The van der Waals surface area contributed by atoms with Crippen molar-refractivity contribution in [2.75, 3.05) is 25.4 Å². The van der Waals surface area contributed by atoms with Crippen LogP contribution in [0.5, 0.6) is 0 Å². The standard InChI is InChI=1S/C22H26ClFN2OS/c1-16(2)13-25(14-17-7-9-18(24)10-8-17)15-21(27)26-11-12-28-22(26)19-5-3-4-6-20(19)23/h3-10,16,22H,11-15H2,1-2H3. The van der Waals surface area contributed by atoms with Gasteiger partial charge in [0, 0.05) is 36.0 Å². The molecule has 2 aromatic rings. The normalized spacial score (nSPS) is 16.9. The third-order valence-electron chi connectivity index (χ3n) is 4.68. The number of hydrogen-bond acceptors (Lipinski definition) is 3. The third kappa shape index (κ3) is 5.49. The molecule has 0 N–H and O–H groups in total. The van der Waals surface area contributed by atoms with Gasteiger partial charge in [0.2, 0.25) is 5.91 Å². The summed E-state index contributed by atoms with van der Waals surface area (Å²) in [4.78, 5) is 17.2. The van der Waals surface area contributed by atoms with Gasteiger partial charge in [-0.3, -0.25) is 9.69 Å². The zero-order valence-corrected chi connectivity index (χ0v) is 17.8. The molecule has 150 valence electrons. The van der Waals surface area contributed by atoms with Crippen molar-refractivity contribution in [3.63, 3.8) is 0 Å². The fraction of sp³-hybridized carbons (Fsp3) is 0.409. The minimum absolute atomic E-state index is 0.0343. The number of halogens is 2. The summed E-state index contributed by atoms with van der Waals surface area (Å²) in [7, 11) is 0. The van der Waals surface area contributed by atoms with Crippen LogP contribution in [0.2, 0.25) is 5.02 Å². The Morgan fingerprint density at radius 1 is 1.25 bits per heavy atom. The van der Waals surface area contributed by atoms with E-state index in [1.807, 2.05) is 29.2 Å². The van der Waals surface area contributed by atoms with Gasteiger partial charge in [-0.15, -0.1) is 11.8 Å². The van der Waals surface area contributed by atoms with Gasteiger partial charge in [-0.1, -0.05) is 55.8 Å². The smallest absolute Gasteiger partial charge is 0.237 e. The summed E-state index contributed by atoms with van der Waals surface area (Å²) in [6.45, 7) is 6.78. The largest absolute Gasteiger partial charge is 0.325 e. The molecular weight excluding hydrogens is 395 g/mol. The molecule has 1 aliphatic heterocycles. The molecule has 0 radical (unpaired) electrons. The van der Waals surface area contributed by atoms with E-state index in [1.165, 1.54) is 12.1 Å². The van der Waals surface area contributed by atoms with Gasteiger partial charge in [0.05, 0.1) is 6.54 Å². The molecule has 1 heterocycles. The number of amides is 1.